The number of rotatable bonds is 1. The Bertz CT molecular complexity index is 609. The Balaban J connectivity index is 2.13. The van der Waals surface area contributed by atoms with Gasteiger partial charge in [-0.2, -0.15) is 0 Å². The highest BCUT2D eigenvalue weighted by Gasteiger charge is 2.27. The van der Waals surface area contributed by atoms with Crippen molar-refractivity contribution < 1.29 is 9.18 Å². The number of benzene rings is 2. The van der Waals surface area contributed by atoms with Gasteiger partial charge in [0, 0.05) is 18.0 Å². The van der Waals surface area contributed by atoms with Gasteiger partial charge in [-0.1, -0.05) is 36.4 Å². The van der Waals surface area contributed by atoms with Gasteiger partial charge in [-0.25, -0.2) is 4.39 Å². The van der Waals surface area contributed by atoms with Gasteiger partial charge in [-0.3, -0.25) is 4.79 Å². The summed E-state index contributed by atoms with van der Waals surface area (Å²) in [5.41, 5.74) is 2.34. The van der Waals surface area contributed by atoms with Crippen molar-refractivity contribution in [2.45, 2.75) is 12.3 Å². The van der Waals surface area contributed by atoms with E-state index < -0.39 is 0 Å². The molecule has 1 atom stereocenters. The van der Waals surface area contributed by atoms with Crippen molar-refractivity contribution >= 4 is 11.6 Å². The van der Waals surface area contributed by atoms with Gasteiger partial charge in [-0.05, 0) is 23.3 Å². The second-order valence-electron chi connectivity index (χ2n) is 4.41. The van der Waals surface area contributed by atoms with Crippen LogP contribution in [0, 0.1) is 5.82 Å². The lowest BCUT2D eigenvalue weighted by molar-refractivity contribution is -0.116. The summed E-state index contributed by atoms with van der Waals surface area (Å²) in [5, 5.41) is 2.82. The second kappa shape index (κ2) is 4.26. The molecule has 3 rings (SSSR count). The lowest BCUT2D eigenvalue weighted by Crippen LogP contribution is -2.23. The van der Waals surface area contributed by atoms with E-state index in [0.29, 0.717) is 5.56 Å². The zero-order chi connectivity index (χ0) is 12.5. The van der Waals surface area contributed by atoms with E-state index in [1.54, 1.807) is 18.2 Å². The largest absolute Gasteiger partial charge is 0.326 e. The monoisotopic (exact) mass is 241 g/mol. The highest BCUT2D eigenvalue weighted by Crippen LogP contribution is 2.37. The molecule has 0 aliphatic carbocycles. The molecule has 1 aliphatic heterocycles. The minimum atomic E-state index is -0.257. The zero-order valence-corrected chi connectivity index (χ0v) is 9.69. The van der Waals surface area contributed by atoms with E-state index in [2.05, 4.69) is 5.32 Å². The van der Waals surface area contributed by atoms with Crippen molar-refractivity contribution in [2.75, 3.05) is 5.32 Å². The first-order chi connectivity index (χ1) is 8.75. The molecule has 1 N–H and O–H groups in total. The van der Waals surface area contributed by atoms with Crippen LogP contribution in [0.25, 0.3) is 0 Å². The Hall–Kier alpha value is -2.16. The molecule has 0 fully saturated rings. The van der Waals surface area contributed by atoms with Crippen molar-refractivity contribution in [3.8, 4) is 0 Å². The van der Waals surface area contributed by atoms with Crippen LogP contribution >= 0.6 is 0 Å². The quantitative estimate of drug-likeness (QED) is 0.815. The van der Waals surface area contributed by atoms with E-state index in [1.807, 2.05) is 24.3 Å². The molecular weight excluding hydrogens is 229 g/mol. The van der Waals surface area contributed by atoms with Crippen molar-refractivity contribution in [3.63, 3.8) is 0 Å². The lowest BCUT2D eigenvalue weighted by Gasteiger charge is -2.26. The average Bonchev–Trinajstić information content (AvgIpc) is 2.38. The molecule has 0 radical (unpaired) electrons. The van der Waals surface area contributed by atoms with Gasteiger partial charge in [0.1, 0.15) is 5.82 Å². The molecule has 0 saturated heterocycles. The van der Waals surface area contributed by atoms with Crippen LogP contribution in [-0.2, 0) is 4.79 Å². The number of anilines is 1. The molecule has 2 nitrogen and oxygen atoms in total. The molecule has 1 unspecified atom stereocenters. The minimum absolute atomic E-state index is 0.0676. The summed E-state index contributed by atoms with van der Waals surface area (Å²) in [6.07, 6.45) is 0.290. The van der Waals surface area contributed by atoms with Crippen molar-refractivity contribution in [1.29, 1.82) is 0 Å². The van der Waals surface area contributed by atoms with E-state index in [1.165, 1.54) is 6.07 Å². The van der Waals surface area contributed by atoms with Gasteiger partial charge in [0.25, 0.3) is 0 Å². The molecule has 0 aromatic heterocycles. The number of carbonyl (C=O) groups excluding carboxylic acids is 1. The van der Waals surface area contributed by atoms with E-state index in [0.717, 1.165) is 11.3 Å². The number of nitrogens with one attached hydrogen (secondary N) is 1. The highest BCUT2D eigenvalue weighted by atomic mass is 19.1. The topological polar surface area (TPSA) is 29.1 Å². The first-order valence-electron chi connectivity index (χ1n) is 5.89. The maximum absolute atomic E-state index is 13.9. The van der Waals surface area contributed by atoms with E-state index >= 15 is 0 Å². The van der Waals surface area contributed by atoms with Gasteiger partial charge in [-0.15, -0.1) is 0 Å². The number of hydrogen-bond acceptors (Lipinski definition) is 1. The summed E-state index contributed by atoms with van der Waals surface area (Å²) in [6, 6.07) is 14.2. The van der Waals surface area contributed by atoms with Crippen LogP contribution in [-0.4, -0.2) is 5.91 Å². The fourth-order valence-electron chi connectivity index (χ4n) is 2.45. The van der Waals surface area contributed by atoms with Crippen molar-refractivity contribution in [2.24, 2.45) is 0 Å². The molecule has 2 aromatic carbocycles. The van der Waals surface area contributed by atoms with Gasteiger partial charge < -0.3 is 5.32 Å². The summed E-state index contributed by atoms with van der Waals surface area (Å²) < 4.78 is 13.9. The van der Waals surface area contributed by atoms with Gasteiger partial charge in [0.05, 0.1) is 0 Å². The first-order valence-corrected chi connectivity index (χ1v) is 5.89. The maximum atomic E-state index is 13.9. The summed E-state index contributed by atoms with van der Waals surface area (Å²) >= 11 is 0. The molecule has 90 valence electrons. The van der Waals surface area contributed by atoms with Crippen LogP contribution < -0.4 is 5.32 Å². The summed E-state index contributed by atoms with van der Waals surface area (Å²) in [7, 11) is 0. The first kappa shape index (κ1) is 11.0. The zero-order valence-electron chi connectivity index (χ0n) is 9.69. The van der Waals surface area contributed by atoms with Crippen LogP contribution in [0.5, 0.6) is 0 Å². The molecule has 0 spiro atoms. The molecule has 1 amide bonds. The number of fused-ring (bicyclic) bond motifs is 1. The Kier molecular flexibility index (Phi) is 2.59. The molecular formula is C15H12FNO. The van der Waals surface area contributed by atoms with E-state index in [9.17, 15) is 9.18 Å². The minimum Gasteiger partial charge on any atom is -0.326 e. The normalized spacial score (nSPS) is 18.1. The number of hydrogen-bond donors (Lipinski definition) is 1. The van der Waals surface area contributed by atoms with Crippen LogP contribution in [0.3, 0.4) is 0 Å². The third-order valence-electron chi connectivity index (χ3n) is 3.28. The van der Waals surface area contributed by atoms with Crippen LogP contribution in [0.2, 0.25) is 0 Å². The number of carbonyl (C=O) groups is 1. The Morgan fingerprint density at radius 1 is 1.00 bits per heavy atom. The van der Waals surface area contributed by atoms with Crippen LogP contribution in [0.1, 0.15) is 23.5 Å². The summed E-state index contributed by atoms with van der Waals surface area (Å²) in [6.45, 7) is 0. The van der Waals surface area contributed by atoms with E-state index in [4.69, 9.17) is 0 Å². The number of para-hydroxylation sites is 1. The SMILES string of the molecule is O=C1CC(c2ccccc2F)c2ccccc2N1. The standard InChI is InChI=1S/C15H12FNO/c16-13-7-3-1-5-10(13)12-9-15(18)17-14-8-4-2-6-11(12)14/h1-8,12H,9H2,(H,17,18). The molecule has 1 heterocycles. The van der Waals surface area contributed by atoms with Crippen molar-refractivity contribution in [3.05, 3.63) is 65.5 Å². The molecule has 1 aliphatic rings. The maximum Gasteiger partial charge on any atom is 0.225 e. The fraction of sp³-hybridized carbons (Fsp3) is 0.133. The summed E-state index contributed by atoms with van der Waals surface area (Å²) in [4.78, 5) is 11.7. The molecule has 3 heteroatoms. The molecule has 2 aromatic rings. The van der Waals surface area contributed by atoms with E-state index in [-0.39, 0.29) is 24.1 Å². The number of halogens is 1. The summed E-state index contributed by atoms with van der Waals surface area (Å²) in [5.74, 6) is -0.523. The van der Waals surface area contributed by atoms with Crippen LogP contribution in [0.4, 0.5) is 10.1 Å². The smallest absolute Gasteiger partial charge is 0.225 e. The average molecular weight is 241 g/mol. The molecule has 0 bridgehead atoms. The molecule has 0 saturated carbocycles. The Labute approximate surface area is 104 Å². The highest BCUT2D eigenvalue weighted by molar-refractivity contribution is 5.95. The predicted molar refractivity (Wildman–Crippen MR) is 67.9 cm³/mol. The van der Waals surface area contributed by atoms with Crippen LogP contribution in [0.15, 0.2) is 48.5 Å². The third-order valence-corrected chi connectivity index (χ3v) is 3.28. The molecule has 18 heavy (non-hydrogen) atoms. The Morgan fingerprint density at radius 3 is 2.44 bits per heavy atom. The lowest BCUT2D eigenvalue weighted by atomic mass is 9.84. The van der Waals surface area contributed by atoms with Gasteiger partial charge in [0.2, 0.25) is 5.91 Å². The van der Waals surface area contributed by atoms with Crippen molar-refractivity contribution in [1.82, 2.24) is 0 Å². The third kappa shape index (κ3) is 1.78. The second-order valence-corrected chi connectivity index (χ2v) is 4.41. The number of amides is 1. The predicted octanol–water partition coefficient (Wildman–Crippen LogP) is 3.30. The van der Waals surface area contributed by atoms with Gasteiger partial charge in [0.15, 0.2) is 0 Å². The fourth-order valence-corrected chi connectivity index (χ4v) is 2.45. The van der Waals surface area contributed by atoms with Gasteiger partial charge >= 0.3 is 0 Å². The Morgan fingerprint density at radius 2 is 1.67 bits per heavy atom.